The van der Waals surface area contributed by atoms with E-state index in [1.54, 1.807) is 12.1 Å². The lowest BCUT2D eigenvalue weighted by atomic mass is 10.1. The molecule has 0 unspecified atom stereocenters. The molecule has 0 aliphatic carbocycles. The maximum Gasteiger partial charge on any atom is 0.116 e. The van der Waals surface area contributed by atoms with Gasteiger partial charge in [0, 0.05) is 24.8 Å². The van der Waals surface area contributed by atoms with Gasteiger partial charge in [0.15, 0.2) is 0 Å². The molecule has 1 aliphatic rings. The van der Waals surface area contributed by atoms with Crippen LogP contribution in [0.2, 0.25) is 0 Å². The predicted octanol–water partition coefficient (Wildman–Crippen LogP) is 2.08. The molecule has 17 heavy (non-hydrogen) atoms. The first-order chi connectivity index (χ1) is 8.22. The fourth-order valence-electron chi connectivity index (χ4n) is 2.44. The van der Waals surface area contributed by atoms with E-state index < -0.39 is 0 Å². The summed E-state index contributed by atoms with van der Waals surface area (Å²) in [6, 6.07) is 12.1. The van der Waals surface area contributed by atoms with Gasteiger partial charge in [0.05, 0.1) is 0 Å². The molecule has 0 amide bonds. The van der Waals surface area contributed by atoms with Gasteiger partial charge in [0.25, 0.3) is 0 Å². The van der Waals surface area contributed by atoms with Gasteiger partial charge in [0.2, 0.25) is 0 Å². The molecule has 88 valence electrons. The molecule has 1 atom stereocenters. The lowest BCUT2D eigenvalue weighted by Crippen LogP contribution is -2.26. The molecule has 3 rings (SSSR count). The Labute approximate surface area is 100 Å². The fourth-order valence-corrected chi connectivity index (χ4v) is 2.44. The van der Waals surface area contributed by atoms with Crippen LogP contribution < -0.4 is 10.6 Å². The van der Waals surface area contributed by atoms with Gasteiger partial charge in [-0.25, -0.2) is 0 Å². The zero-order valence-electron chi connectivity index (χ0n) is 9.63. The van der Waals surface area contributed by atoms with Crippen LogP contribution >= 0.6 is 0 Å². The second-order valence-electron chi connectivity index (χ2n) is 4.71. The van der Waals surface area contributed by atoms with Gasteiger partial charge in [-0.1, -0.05) is 12.1 Å². The third kappa shape index (κ3) is 1.94. The molecular weight excluding hydrogens is 212 g/mol. The molecular formula is C14H16N2O. The number of nitrogens with zero attached hydrogens (tertiary/aromatic N) is 1. The van der Waals surface area contributed by atoms with Crippen molar-refractivity contribution in [1.29, 1.82) is 0 Å². The number of rotatable bonds is 1. The minimum absolute atomic E-state index is 0.287. The van der Waals surface area contributed by atoms with Crippen molar-refractivity contribution in [2.24, 2.45) is 5.73 Å². The Morgan fingerprint density at radius 3 is 2.71 bits per heavy atom. The van der Waals surface area contributed by atoms with Crippen LogP contribution in [-0.4, -0.2) is 24.2 Å². The standard InChI is InChI=1S/C14H16N2O/c15-12-5-6-16(9-12)13-3-1-10-2-4-14(17)8-11(10)7-13/h1-4,7-8,12,17H,5-6,9,15H2/t12-/m1/s1. The SMILES string of the molecule is N[C@@H]1CCN(c2ccc3ccc(O)cc3c2)C1. The lowest BCUT2D eigenvalue weighted by molar-refractivity contribution is 0.476. The summed E-state index contributed by atoms with van der Waals surface area (Å²) in [5.41, 5.74) is 7.11. The Kier molecular flexibility index (Phi) is 2.41. The summed E-state index contributed by atoms with van der Waals surface area (Å²) in [6.07, 6.45) is 1.05. The van der Waals surface area contributed by atoms with Gasteiger partial charge in [0.1, 0.15) is 5.75 Å². The highest BCUT2D eigenvalue weighted by molar-refractivity contribution is 5.87. The van der Waals surface area contributed by atoms with Gasteiger partial charge in [-0.15, -0.1) is 0 Å². The van der Waals surface area contributed by atoms with Crippen LogP contribution in [0.3, 0.4) is 0 Å². The summed E-state index contributed by atoms with van der Waals surface area (Å²) in [5, 5.41) is 11.7. The van der Waals surface area contributed by atoms with Gasteiger partial charge < -0.3 is 15.7 Å². The van der Waals surface area contributed by atoms with E-state index in [-0.39, 0.29) is 6.04 Å². The molecule has 0 spiro atoms. The first-order valence-electron chi connectivity index (χ1n) is 5.96. The number of phenolic OH excluding ortho intramolecular Hbond substituents is 1. The second kappa shape index (κ2) is 3.93. The van der Waals surface area contributed by atoms with Crippen molar-refractivity contribution in [3.8, 4) is 5.75 Å². The van der Waals surface area contributed by atoms with Crippen molar-refractivity contribution < 1.29 is 5.11 Å². The van der Waals surface area contributed by atoms with Gasteiger partial charge in [-0.2, -0.15) is 0 Å². The van der Waals surface area contributed by atoms with Crippen molar-refractivity contribution in [3.63, 3.8) is 0 Å². The van der Waals surface area contributed by atoms with Gasteiger partial charge in [-0.3, -0.25) is 0 Å². The Morgan fingerprint density at radius 1 is 1.12 bits per heavy atom. The number of hydrogen-bond donors (Lipinski definition) is 2. The van der Waals surface area contributed by atoms with Crippen LogP contribution in [0.1, 0.15) is 6.42 Å². The van der Waals surface area contributed by atoms with Crippen LogP contribution in [-0.2, 0) is 0 Å². The zero-order valence-corrected chi connectivity index (χ0v) is 9.63. The number of fused-ring (bicyclic) bond motifs is 1. The maximum absolute atomic E-state index is 9.49. The third-order valence-electron chi connectivity index (χ3n) is 3.40. The van der Waals surface area contributed by atoms with Crippen molar-refractivity contribution in [1.82, 2.24) is 0 Å². The van der Waals surface area contributed by atoms with Crippen LogP contribution in [0.4, 0.5) is 5.69 Å². The first-order valence-corrected chi connectivity index (χ1v) is 5.96. The molecule has 3 heteroatoms. The average Bonchev–Trinajstić information content (AvgIpc) is 2.75. The van der Waals surface area contributed by atoms with Crippen molar-refractivity contribution in [2.75, 3.05) is 18.0 Å². The molecule has 1 heterocycles. The van der Waals surface area contributed by atoms with E-state index in [2.05, 4.69) is 23.1 Å². The molecule has 3 nitrogen and oxygen atoms in total. The van der Waals surface area contributed by atoms with E-state index >= 15 is 0 Å². The number of aromatic hydroxyl groups is 1. The predicted molar refractivity (Wildman–Crippen MR) is 70.4 cm³/mol. The topological polar surface area (TPSA) is 49.5 Å². The minimum Gasteiger partial charge on any atom is -0.508 e. The van der Waals surface area contributed by atoms with E-state index in [1.807, 2.05) is 6.07 Å². The quantitative estimate of drug-likeness (QED) is 0.785. The summed E-state index contributed by atoms with van der Waals surface area (Å²) in [5.74, 6) is 0.313. The molecule has 0 bridgehead atoms. The van der Waals surface area contributed by atoms with Crippen LogP contribution in [0.15, 0.2) is 36.4 Å². The largest absolute Gasteiger partial charge is 0.508 e. The number of phenols is 1. The van der Waals surface area contributed by atoms with Crippen LogP contribution in [0, 0.1) is 0 Å². The third-order valence-corrected chi connectivity index (χ3v) is 3.40. The molecule has 1 aliphatic heterocycles. The monoisotopic (exact) mass is 228 g/mol. The van der Waals surface area contributed by atoms with Gasteiger partial charge >= 0.3 is 0 Å². The number of hydrogen-bond acceptors (Lipinski definition) is 3. The number of benzene rings is 2. The van der Waals surface area contributed by atoms with Crippen molar-refractivity contribution in [3.05, 3.63) is 36.4 Å². The zero-order chi connectivity index (χ0) is 11.8. The van der Waals surface area contributed by atoms with Crippen molar-refractivity contribution >= 4 is 16.5 Å². The Balaban J connectivity index is 2.01. The van der Waals surface area contributed by atoms with E-state index in [1.165, 1.54) is 5.69 Å². The Hall–Kier alpha value is -1.74. The van der Waals surface area contributed by atoms with E-state index in [9.17, 15) is 5.11 Å². The highest BCUT2D eigenvalue weighted by Gasteiger charge is 2.19. The fraction of sp³-hybridized carbons (Fsp3) is 0.286. The summed E-state index contributed by atoms with van der Waals surface area (Å²) in [7, 11) is 0. The van der Waals surface area contributed by atoms with E-state index in [4.69, 9.17) is 5.73 Å². The van der Waals surface area contributed by atoms with Crippen LogP contribution in [0.5, 0.6) is 5.75 Å². The highest BCUT2D eigenvalue weighted by atomic mass is 16.3. The highest BCUT2D eigenvalue weighted by Crippen LogP contribution is 2.27. The molecule has 0 aromatic heterocycles. The molecule has 0 radical (unpaired) electrons. The lowest BCUT2D eigenvalue weighted by Gasteiger charge is -2.18. The van der Waals surface area contributed by atoms with E-state index in [0.29, 0.717) is 5.75 Å². The summed E-state index contributed by atoms with van der Waals surface area (Å²) in [4.78, 5) is 2.30. The summed E-state index contributed by atoms with van der Waals surface area (Å²) < 4.78 is 0. The molecule has 1 saturated heterocycles. The molecule has 2 aromatic rings. The molecule has 0 saturated carbocycles. The summed E-state index contributed by atoms with van der Waals surface area (Å²) in [6.45, 7) is 1.94. The number of nitrogens with two attached hydrogens (primary N) is 1. The second-order valence-corrected chi connectivity index (χ2v) is 4.71. The van der Waals surface area contributed by atoms with Crippen LogP contribution in [0.25, 0.3) is 10.8 Å². The van der Waals surface area contributed by atoms with Crippen molar-refractivity contribution in [2.45, 2.75) is 12.5 Å². The molecule has 2 aromatic carbocycles. The van der Waals surface area contributed by atoms with Gasteiger partial charge in [-0.05, 0) is 41.5 Å². The number of anilines is 1. The average molecular weight is 228 g/mol. The van der Waals surface area contributed by atoms with E-state index in [0.717, 1.165) is 30.3 Å². The molecule has 1 fully saturated rings. The smallest absolute Gasteiger partial charge is 0.116 e. The first kappa shape index (κ1) is 10.4. The normalized spacial score (nSPS) is 20.1. The Bertz CT molecular complexity index is 553. The summed E-state index contributed by atoms with van der Waals surface area (Å²) >= 11 is 0. The molecule has 3 N–H and O–H groups in total. The minimum atomic E-state index is 0.287. The maximum atomic E-state index is 9.49. The Morgan fingerprint density at radius 2 is 1.94 bits per heavy atom.